The molecule has 0 bridgehead atoms. The highest BCUT2D eigenvalue weighted by Gasteiger charge is 2.25. The monoisotopic (exact) mass is 209 g/mol. The van der Waals surface area contributed by atoms with Crippen molar-refractivity contribution in [1.82, 2.24) is 20.3 Å². The predicted octanol–water partition coefficient (Wildman–Crippen LogP) is 0.396. The minimum absolute atomic E-state index is 0.357. The van der Waals surface area contributed by atoms with Crippen molar-refractivity contribution in [3.05, 3.63) is 11.9 Å². The van der Waals surface area contributed by atoms with E-state index in [4.69, 9.17) is 5.73 Å². The summed E-state index contributed by atoms with van der Waals surface area (Å²) in [6, 6.07) is 0.443. The molecule has 0 radical (unpaired) electrons. The Bertz CT molecular complexity index is 324. The molecule has 0 amide bonds. The van der Waals surface area contributed by atoms with E-state index < -0.39 is 0 Å². The zero-order chi connectivity index (χ0) is 10.9. The van der Waals surface area contributed by atoms with Gasteiger partial charge in [-0.15, -0.1) is 5.10 Å². The molecule has 2 rings (SSSR count). The second-order valence-corrected chi connectivity index (χ2v) is 4.50. The Morgan fingerprint density at radius 1 is 1.73 bits per heavy atom. The van der Waals surface area contributed by atoms with E-state index in [0.29, 0.717) is 6.04 Å². The fourth-order valence-electron chi connectivity index (χ4n) is 1.76. The van der Waals surface area contributed by atoms with Crippen LogP contribution in [0, 0.1) is 0 Å². The van der Waals surface area contributed by atoms with Crippen LogP contribution < -0.4 is 11.1 Å². The smallest absolute Gasteiger partial charge is 0.102 e. The summed E-state index contributed by atoms with van der Waals surface area (Å²) in [6.45, 7) is 6.11. The molecule has 0 spiro atoms. The lowest BCUT2D eigenvalue weighted by Crippen LogP contribution is -2.32. The van der Waals surface area contributed by atoms with E-state index >= 15 is 0 Å². The first-order valence-electron chi connectivity index (χ1n) is 5.55. The van der Waals surface area contributed by atoms with Crippen molar-refractivity contribution < 1.29 is 0 Å². The third-order valence-corrected chi connectivity index (χ3v) is 3.24. The largest absolute Gasteiger partial charge is 0.320 e. The third kappa shape index (κ3) is 2.03. The molecule has 0 aliphatic carbocycles. The van der Waals surface area contributed by atoms with Crippen molar-refractivity contribution in [1.29, 1.82) is 0 Å². The minimum atomic E-state index is -0.357. The topological polar surface area (TPSA) is 68.8 Å². The number of hydrogen-bond donors (Lipinski definition) is 2. The Kier molecular flexibility index (Phi) is 2.75. The molecule has 1 fully saturated rings. The van der Waals surface area contributed by atoms with Crippen LogP contribution in [0.2, 0.25) is 0 Å². The first kappa shape index (κ1) is 10.6. The molecular formula is C10H19N5. The van der Waals surface area contributed by atoms with Crippen molar-refractivity contribution in [3.8, 4) is 0 Å². The normalized spacial score (nSPS) is 25.4. The molecule has 2 heterocycles. The summed E-state index contributed by atoms with van der Waals surface area (Å²) in [7, 11) is 0. The molecule has 84 valence electrons. The van der Waals surface area contributed by atoms with Crippen molar-refractivity contribution in [2.24, 2.45) is 5.73 Å². The molecule has 0 aromatic carbocycles. The number of hydrogen-bond acceptors (Lipinski definition) is 4. The van der Waals surface area contributed by atoms with Crippen molar-refractivity contribution >= 4 is 0 Å². The fourth-order valence-corrected chi connectivity index (χ4v) is 1.76. The van der Waals surface area contributed by atoms with Gasteiger partial charge in [0, 0.05) is 6.54 Å². The molecule has 1 aromatic rings. The van der Waals surface area contributed by atoms with Gasteiger partial charge >= 0.3 is 0 Å². The van der Waals surface area contributed by atoms with Crippen molar-refractivity contribution in [3.63, 3.8) is 0 Å². The molecule has 5 nitrogen and oxygen atoms in total. The third-order valence-electron chi connectivity index (χ3n) is 3.24. The molecule has 1 saturated heterocycles. The lowest BCUT2D eigenvalue weighted by molar-refractivity contribution is 0.461. The van der Waals surface area contributed by atoms with E-state index in [2.05, 4.69) is 22.6 Å². The maximum absolute atomic E-state index is 6.12. The van der Waals surface area contributed by atoms with Crippen LogP contribution >= 0.6 is 0 Å². The molecule has 1 aliphatic rings. The quantitative estimate of drug-likeness (QED) is 0.756. The highest BCUT2D eigenvalue weighted by molar-refractivity contribution is 5.07. The van der Waals surface area contributed by atoms with Gasteiger partial charge in [-0.3, -0.25) is 0 Å². The van der Waals surface area contributed by atoms with Crippen LogP contribution in [0.15, 0.2) is 6.20 Å². The Labute approximate surface area is 90.0 Å². The average molecular weight is 209 g/mol. The van der Waals surface area contributed by atoms with Gasteiger partial charge < -0.3 is 11.1 Å². The summed E-state index contributed by atoms with van der Waals surface area (Å²) >= 11 is 0. The second-order valence-electron chi connectivity index (χ2n) is 4.50. The van der Waals surface area contributed by atoms with Crippen LogP contribution in [-0.4, -0.2) is 28.1 Å². The van der Waals surface area contributed by atoms with Gasteiger partial charge in [0.05, 0.1) is 17.8 Å². The van der Waals surface area contributed by atoms with E-state index in [-0.39, 0.29) is 5.54 Å². The molecule has 0 saturated carbocycles. The SMILES string of the molecule is CC[C@](C)(N)c1cn([C@@H]2CCNC2)nn1. The van der Waals surface area contributed by atoms with Gasteiger partial charge in [0.15, 0.2) is 0 Å². The van der Waals surface area contributed by atoms with Gasteiger partial charge in [-0.25, -0.2) is 4.68 Å². The summed E-state index contributed by atoms with van der Waals surface area (Å²) in [5.74, 6) is 0. The Balaban J connectivity index is 2.16. The van der Waals surface area contributed by atoms with Crippen LogP contribution in [0.5, 0.6) is 0 Å². The van der Waals surface area contributed by atoms with Gasteiger partial charge in [-0.2, -0.15) is 0 Å². The van der Waals surface area contributed by atoms with Crippen LogP contribution in [0.1, 0.15) is 38.4 Å². The number of nitrogens with two attached hydrogens (primary N) is 1. The highest BCUT2D eigenvalue weighted by atomic mass is 15.4. The van der Waals surface area contributed by atoms with Gasteiger partial charge in [0.2, 0.25) is 0 Å². The van der Waals surface area contributed by atoms with Crippen LogP contribution in [0.4, 0.5) is 0 Å². The Morgan fingerprint density at radius 3 is 3.13 bits per heavy atom. The van der Waals surface area contributed by atoms with Gasteiger partial charge in [-0.1, -0.05) is 12.1 Å². The average Bonchev–Trinajstić information content (AvgIpc) is 2.88. The van der Waals surface area contributed by atoms with Crippen molar-refractivity contribution in [2.45, 2.75) is 38.3 Å². The van der Waals surface area contributed by atoms with Gasteiger partial charge in [0.1, 0.15) is 5.69 Å². The van der Waals surface area contributed by atoms with Crippen LogP contribution in [0.25, 0.3) is 0 Å². The number of aromatic nitrogens is 3. The van der Waals surface area contributed by atoms with Gasteiger partial charge in [0.25, 0.3) is 0 Å². The lowest BCUT2D eigenvalue weighted by Gasteiger charge is -2.18. The van der Waals surface area contributed by atoms with Crippen LogP contribution in [-0.2, 0) is 5.54 Å². The number of nitrogens with one attached hydrogen (secondary N) is 1. The van der Waals surface area contributed by atoms with Gasteiger partial charge in [-0.05, 0) is 26.3 Å². The lowest BCUT2D eigenvalue weighted by atomic mass is 9.97. The Hall–Kier alpha value is -0.940. The standard InChI is InChI=1S/C10H19N5/c1-3-10(2,11)9-7-15(14-13-9)8-4-5-12-6-8/h7-8,12H,3-6,11H2,1-2H3/t8-,10+/m1/s1. The summed E-state index contributed by atoms with van der Waals surface area (Å²) < 4.78 is 1.94. The summed E-state index contributed by atoms with van der Waals surface area (Å²) in [4.78, 5) is 0. The molecule has 5 heteroatoms. The predicted molar refractivity (Wildman–Crippen MR) is 58.4 cm³/mol. The zero-order valence-corrected chi connectivity index (χ0v) is 9.40. The zero-order valence-electron chi connectivity index (χ0n) is 9.40. The van der Waals surface area contributed by atoms with E-state index in [0.717, 1.165) is 31.6 Å². The van der Waals surface area contributed by atoms with E-state index in [9.17, 15) is 0 Å². The maximum Gasteiger partial charge on any atom is 0.102 e. The van der Waals surface area contributed by atoms with E-state index in [1.165, 1.54) is 0 Å². The molecule has 15 heavy (non-hydrogen) atoms. The summed E-state index contributed by atoms with van der Waals surface area (Å²) in [5.41, 5.74) is 6.65. The first-order chi connectivity index (χ1) is 7.13. The summed E-state index contributed by atoms with van der Waals surface area (Å²) in [5, 5.41) is 11.6. The second kappa shape index (κ2) is 3.90. The maximum atomic E-state index is 6.12. The molecule has 1 aromatic heterocycles. The highest BCUT2D eigenvalue weighted by Crippen LogP contribution is 2.20. The van der Waals surface area contributed by atoms with Crippen LogP contribution in [0.3, 0.4) is 0 Å². The molecular weight excluding hydrogens is 190 g/mol. The van der Waals surface area contributed by atoms with Crippen molar-refractivity contribution in [2.75, 3.05) is 13.1 Å². The number of nitrogens with zero attached hydrogens (tertiary/aromatic N) is 3. The minimum Gasteiger partial charge on any atom is -0.320 e. The molecule has 2 atom stereocenters. The molecule has 0 unspecified atom stereocenters. The first-order valence-corrected chi connectivity index (χ1v) is 5.55. The van der Waals surface area contributed by atoms with E-state index in [1.54, 1.807) is 0 Å². The van der Waals surface area contributed by atoms with E-state index in [1.807, 2.05) is 17.8 Å². The fraction of sp³-hybridized carbons (Fsp3) is 0.800. The molecule has 3 N–H and O–H groups in total. The summed E-state index contributed by atoms with van der Waals surface area (Å²) in [6.07, 6.45) is 3.98. The Morgan fingerprint density at radius 2 is 2.53 bits per heavy atom. The number of rotatable bonds is 3. The molecule has 1 aliphatic heterocycles.